The molecule has 0 amide bonds. The van der Waals surface area contributed by atoms with Gasteiger partial charge in [-0.05, 0) is 0 Å². The molecule has 1 aromatic rings. The summed E-state index contributed by atoms with van der Waals surface area (Å²) in [4.78, 5) is 3.30. The molecule has 0 atom stereocenters. The topological polar surface area (TPSA) is 41.6 Å². The van der Waals surface area contributed by atoms with Gasteiger partial charge in [0.15, 0.2) is 12.0 Å². The molecule has 0 fully saturated rings. The van der Waals surface area contributed by atoms with Crippen molar-refractivity contribution in [2.75, 3.05) is 0 Å². The van der Waals surface area contributed by atoms with Gasteiger partial charge in [-0.3, -0.25) is 0 Å². The summed E-state index contributed by atoms with van der Waals surface area (Å²) in [5.41, 5.74) is -0.0229. The zero-order valence-electron chi connectivity index (χ0n) is 5.38. The van der Waals surface area contributed by atoms with Crippen LogP contribution in [0, 0.1) is 23.9 Å². The fourth-order valence-electron chi connectivity index (χ4n) is 0.604. The average Bonchev–Trinajstić information content (AvgIpc) is 2.34. The van der Waals surface area contributed by atoms with Gasteiger partial charge < -0.3 is 4.57 Å². The van der Waals surface area contributed by atoms with E-state index in [4.69, 9.17) is 5.26 Å². The Labute approximate surface area is 61.9 Å². The van der Waals surface area contributed by atoms with Crippen LogP contribution in [0.4, 0.5) is 8.78 Å². The molecule has 0 unspecified atom stereocenters. The molecule has 5 heteroatoms. The molecule has 0 saturated heterocycles. The van der Waals surface area contributed by atoms with Crippen molar-refractivity contribution in [3.63, 3.8) is 0 Å². The van der Waals surface area contributed by atoms with Crippen molar-refractivity contribution in [3.8, 4) is 6.07 Å². The third kappa shape index (κ3) is 1.74. The average molecular weight is 155 g/mol. The van der Waals surface area contributed by atoms with Gasteiger partial charge in [-0.15, -0.1) is 0 Å². The zero-order valence-corrected chi connectivity index (χ0v) is 5.38. The lowest BCUT2D eigenvalue weighted by atomic mass is 10.5. The zero-order chi connectivity index (χ0) is 8.27. The van der Waals surface area contributed by atoms with Crippen molar-refractivity contribution >= 4 is 0 Å². The van der Waals surface area contributed by atoms with E-state index >= 15 is 0 Å². The molecule has 0 N–H and O–H groups in total. The van der Waals surface area contributed by atoms with E-state index < -0.39 is 13.0 Å². The molecule has 0 spiro atoms. The van der Waals surface area contributed by atoms with E-state index in [-0.39, 0.29) is 5.69 Å². The maximum absolute atomic E-state index is 11.7. The normalized spacial score (nSPS) is 10.0. The minimum atomic E-state index is -2.50. The van der Waals surface area contributed by atoms with E-state index in [1.807, 2.05) is 0 Å². The van der Waals surface area contributed by atoms with Crippen molar-refractivity contribution in [2.24, 2.45) is 0 Å². The Morgan fingerprint density at radius 1 is 1.73 bits per heavy atom. The summed E-state index contributed by atoms with van der Waals surface area (Å²) in [5.74, 6) is 0. The molecule has 1 rings (SSSR count). The number of halogens is 2. The molecule has 11 heavy (non-hydrogen) atoms. The maximum Gasteiger partial charge on any atom is 0.256 e. The fraction of sp³-hybridized carbons (Fsp3) is 0.333. The molecular weight excluding hydrogens is 152 g/mol. The van der Waals surface area contributed by atoms with E-state index in [1.165, 1.54) is 0 Å². The Kier molecular flexibility index (Phi) is 2.16. The van der Waals surface area contributed by atoms with Crippen LogP contribution >= 0.6 is 0 Å². The van der Waals surface area contributed by atoms with E-state index in [1.54, 1.807) is 6.07 Å². The summed E-state index contributed by atoms with van der Waals surface area (Å²) in [6.07, 6.45) is 1.92. The monoisotopic (exact) mass is 155 g/mol. The first-order valence-electron chi connectivity index (χ1n) is 2.78. The second kappa shape index (κ2) is 3.10. The second-order valence-electron chi connectivity index (χ2n) is 1.79. The van der Waals surface area contributed by atoms with Gasteiger partial charge in [0.2, 0.25) is 0 Å². The molecule has 56 valence electrons. The van der Waals surface area contributed by atoms with Crippen LogP contribution in [0.25, 0.3) is 0 Å². The molecule has 0 aliphatic heterocycles. The Balaban J connectivity index is 2.79. The summed E-state index contributed by atoms with van der Waals surface area (Å²) < 4.78 is 24.4. The van der Waals surface area contributed by atoms with Crippen molar-refractivity contribution < 1.29 is 8.78 Å². The fourth-order valence-corrected chi connectivity index (χ4v) is 0.604. The molecule has 2 radical (unpaired) electrons. The third-order valence-corrected chi connectivity index (χ3v) is 1.03. The maximum atomic E-state index is 11.7. The molecular formula is C6H3F2N3. The van der Waals surface area contributed by atoms with Gasteiger partial charge in [0.05, 0.1) is 6.54 Å². The highest BCUT2D eigenvalue weighted by Gasteiger charge is 2.07. The van der Waals surface area contributed by atoms with Crippen LogP contribution < -0.4 is 0 Å². The molecule has 0 bridgehead atoms. The predicted molar refractivity (Wildman–Crippen MR) is 30.6 cm³/mol. The van der Waals surface area contributed by atoms with E-state index in [0.717, 1.165) is 4.57 Å². The van der Waals surface area contributed by atoms with Crippen LogP contribution in [0.15, 0.2) is 0 Å². The van der Waals surface area contributed by atoms with Gasteiger partial charge >= 0.3 is 0 Å². The number of aromatic nitrogens is 2. The Bertz CT molecular complexity index is 274. The molecule has 0 aromatic carbocycles. The van der Waals surface area contributed by atoms with Crippen molar-refractivity contribution in [2.45, 2.75) is 13.0 Å². The summed E-state index contributed by atoms with van der Waals surface area (Å²) in [7, 11) is 0. The largest absolute Gasteiger partial charge is 0.307 e. The summed E-state index contributed by atoms with van der Waals surface area (Å²) in [6.45, 7) is -0.556. The van der Waals surface area contributed by atoms with Gasteiger partial charge in [0.25, 0.3) is 6.43 Å². The summed E-state index contributed by atoms with van der Waals surface area (Å²) >= 11 is 0. The molecule has 0 aliphatic carbocycles. The first kappa shape index (κ1) is 7.66. The Morgan fingerprint density at radius 2 is 2.45 bits per heavy atom. The van der Waals surface area contributed by atoms with Crippen LogP contribution in [0.2, 0.25) is 0 Å². The van der Waals surface area contributed by atoms with Crippen LogP contribution in [-0.2, 0) is 6.54 Å². The van der Waals surface area contributed by atoms with Crippen LogP contribution in [-0.4, -0.2) is 16.0 Å². The van der Waals surface area contributed by atoms with Gasteiger partial charge in [0, 0.05) is 0 Å². The molecule has 1 aromatic heterocycles. The van der Waals surface area contributed by atoms with Gasteiger partial charge in [-0.1, -0.05) is 0 Å². The van der Waals surface area contributed by atoms with Gasteiger partial charge in [-0.25, -0.2) is 13.8 Å². The molecule has 3 nitrogen and oxygen atoms in total. The van der Waals surface area contributed by atoms with Gasteiger partial charge in [-0.2, -0.15) is 5.26 Å². The molecule has 1 heterocycles. The minimum absolute atomic E-state index is 0.0229. The SMILES string of the molecule is N#Cc1[c]n[c]n1CC(F)F. The number of rotatable bonds is 2. The van der Waals surface area contributed by atoms with E-state index in [0.29, 0.717) is 0 Å². The predicted octanol–water partition coefficient (Wildman–Crippen LogP) is 0.620. The number of nitrogens with zero attached hydrogens (tertiary/aromatic N) is 3. The van der Waals surface area contributed by atoms with Crippen molar-refractivity contribution in [1.29, 1.82) is 5.26 Å². The molecule has 0 aliphatic rings. The lowest BCUT2D eigenvalue weighted by molar-refractivity contribution is 0.126. The first-order chi connectivity index (χ1) is 5.24. The standard InChI is InChI=1S/C6H3F2N3/c7-6(8)3-11-4-10-2-5(11)1-9/h6H,3H2. The van der Waals surface area contributed by atoms with Crippen molar-refractivity contribution in [3.05, 3.63) is 18.2 Å². The second-order valence-corrected chi connectivity index (χ2v) is 1.79. The smallest absolute Gasteiger partial charge is 0.256 e. The van der Waals surface area contributed by atoms with Crippen LogP contribution in [0.3, 0.4) is 0 Å². The van der Waals surface area contributed by atoms with Crippen LogP contribution in [0.5, 0.6) is 0 Å². The van der Waals surface area contributed by atoms with E-state index in [2.05, 4.69) is 17.5 Å². The van der Waals surface area contributed by atoms with E-state index in [9.17, 15) is 8.78 Å². The highest BCUT2D eigenvalue weighted by molar-refractivity contribution is 5.15. The Hall–Kier alpha value is -1.44. The third-order valence-electron chi connectivity index (χ3n) is 1.03. The lowest BCUT2D eigenvalue weighted by Crippen LogP contribution is -2.07. The van der Waals surface area contributed by atoms with Gasteiger partial charge in [0.1, 0.15) is 12.3 Å². The number of hydrogen-bond acceptors (Lipinski definition) is 2. The molecule has 0 saturated carbocycles. The Morgan fingerprint density at radius 3 is 3.00 bits per heavy atom. The summed E-state index contributed by atoms with van der Waals surface area (Å²) in [5, 5.41) is 8.31. The number of alkyl halides is 2. The highest BCUT2D eigenvalue weighted by atomic mass is 19.3. The summed E-state index contributed by atoms with van der Waals surface area (Å²) in [6, 6.07) is 1.66. The number of hydrogen-bond donors (Lipinski definition) is 0. The first-order valence-corrected chi connectivity index (χ1v) is 2.78. The minimum Gasteiger partial charge on any atom is -0.307 e. The number of nitriles is 1. The highest BCUT2D eigenvalue weighted by Crippen LogP contribution is 2.01. The van der Waals surface area contributed by atoms with Crippen LogP contribution in [0.1, 0.15) is 5.69 Å². The van der Waals surface area contributed by atoms with Crippen molar-refractivity contribution in [1.82, 2.24) is 9.55 Å². The quantitative estimate of drug-likeness (QED) is 0.628. The lowest BCUT2D eigenvalue weighted by Gasteiger charge is -1.99. The number of imidazole rings is 1.